The lowest BCUT2D eigenvalue weighted by atomic mass is 10.0. The summed E-state index contributed by atoms with van der Waals surface area (Å²) in [5.74, 6) is -2.12. The van der Waals surface area contributed by atoms with Crippen LogP contribution in [0.5, 0.6) is 0 Å². The highest BCUT2D eigenvalue weighted by Crippen LogP contribution is 2.17. The molecule has 3 atom stereocenters. The molecule has 7 heteroatoms. The zero-order chi connectivity index (χ0) is 19.0. The number of carbonyl (C=O) groups is 3. The van der Waals surface area contributed by atoms with Gasteiger partial charge in [0.15, 0.2) is 0 Å². The fourth-order valence-electron chi connectivity index (χ4n) is 2.40. The topological polar surface area (TPSA) is 122 Å². The first-order valence-electron chi connectivity index (χ1n) is 8.43. The van der Waals surface area contributed by atoms with Crippen molar-refractivity contribution >= 4 is 17.8 Å². The number of rotatable bonds is 9. The molecule has 5 N–H and O–H groups in total. The quantitative estimate of drug-likeness (QED) is 0.535. The van der Waals surface area contributed by atoms with Crippen LogP contribution in [0.25, 0.3) is 0 Å². The number of nitrogens with one attached hydrogen (secondary N) is 2. The molecule has 0 aliphatic heterocycles. The molecule has 0 heterocycles. The van der Waals surface area contributed by atoms with Crippen molar-refractivity contribution in [2.24, 2.45) is 5.73 Å². The van der Waals surface area contributed by atoms with Gasteiger partial charge in [-0.05, 0) is 25.3 Å². The van der Waals surface area contributed by atoms with Crippen LogP contribution in [0, 0.1) is 6.92 Å². The minimum atomic E-state index is -1.18. The number of aryl methyl sites for hydroxylation is 1. The normalized spacial score (nSPS) is 14.2. The number of carboxylic acids is 1. The van der Waals surface area contributed by atoms with Gasteiger partial charge < -0.3 is 21.5 Å². The molecule has 1 aromatic rings. The van der Waals surface area contributed by atoms with E-state index in [1.807, 2.05) is 38.1 Å². The van der Waals surface area contributed by atoms with Crippen molar-refractivity contribution < 1.29 is 19.5 Å². The van der Waals surface area contributed by atoms with Crippen molar-refractivity contribution in [3.8, 4) is 0 Å². The maximum atomic E-state index is 12.5. The number of carbonyl (C=O) groups excluding carboxylic acids is 2. The highest BCUT2D eigenvalue weighted by atomic mass is 16.4. The Balaban J connectivity index is 2.72. The van der Waals surface area contributed by atoms with Crippen LogP contribution in [-0.2, 0) is 14.4 Å². The summed E-state index contributed by atoms with van der Waals surface area (Å²) in [4.78, 5) is 35.0. The lowest BCUT2D eigenvalue weighted by Gasteiger charge is -2.23. The van der Waals surface area contributed by atoms with Crippen LogP contribution in [0.2, 0.25) is 0 Å². The van der Waals surface area contributed by atoms with Gasteiger partial charge in [0.1, 0.15) is 6.04 Å². The van der Waals surface area contributed by atoms with Crippen LogP contribution in [0.4, 0.5) is 0 Å². The second-order valence-electron chi connectivity index (χ2n) is 6.05. The largest absolute Gasteiger partial charge is 0.481 e. The van der Waals surface area contributed by atoms with Gasteiger partial charge in [0.25, 0.3) is 0 Å². The molecule has 1 rings (SSSR count). The molecule has 7 nitrogen and oxygen atoms in total. The molecule has 0 aliphatic rings. The molecule has 1 aromatic carbocycles. The average Bonchev–Trinajstić information content (AvgIpc) is 2.57. The Hall–Kier alpha value is -2.41. The van der Waals surface area contributed by atoms with E-state index in [-0.39, 0.29) is 11.9 Å². The molecule has 0 bridgehead atoms. The lowest BCUT2D eigenvalue weighted by Crippen LogP contribution is -2.52. The zero-order valence-corrected chi connectivity index (χ0v) is 14.9. The van der Waals surface area contributed by atoms with Crippen LogP contribution >= 0.6 is 0 Å². The monoisotopic (exact) mass is 349 g/mol. The molecule has 2 amide bonds. The first-order valence-corrected chi connectivity index (χ1v) is 8.43. The predicted octanol–water partition coefficient (Wildman–Crippen LogP) is 1.26. The first-order chi connectivity index (χ1) is 11.8. The molecule has 0 radical (unpaired) electrons. The zero-order valence-electron chi connectivity index (χ0n) is 14.9. The van der Waals surface area contributed by atoms with Gasteiger partial charge >= 0.3 is 5.97 Å². The highest BCUT2D eigenvalue weighted by molar-refractivity contribution is 5.91. The maximum absolute atomic E-state index is 12.5. The van der Waals surface area contributed by atoms with Gasteiger partial charge in [-0.2, -0.15) is 0 Å². The fourth-order valence-corrected chi connectivity index (χ4v) is 2.40. The summed E-state index contributed by atoms with van der Waals surface area (Å²) < 4.78 is 0. The van der Waals surface area contributed by atoms with Crippen molar-refractivity contribution in [2.45, 2.75) is 58.2 Å². The highest BCUT2D eigenvalue weighted by Gasteiger charge is 2.25. The minimum Gasteiger partial charge on any atom is -0.481 e. The smallest absolute Gasteiger partial charge is 0.305 e. The molecule has 0 aliphatic carbocycles. The predicted molar refractivity (Wildman–Crippen MR) is 94.8 cm³/mol. The maximum Gasteiger partial charge on any atom is 0.305 e. The van der Waals surface area contributed by atoms with Crippen molar-refractivity contribution in [1.82, 2.24) is 10.6 Å². The third-order valence-corrected chi connectivity index (χ3v) is 3.98. The van der Waals surface area contributed by atoms with Gasteiger partial charge in [0.2, 0.25) is 11.8 Å². The SMILES string of the molecule is CCC(NC(=O)[C@H](CC)NC(=O)[C@@H](N)CC(=O)O)c1ccc(C)cc1. The number of nitrogens with two attached hydrogens (primary N) is 1. The van der Waals surface area contributed by atoms with Crippen LogP contribution in [0.15, 0.2) is 24.3 Å². The minimum absolute atomic E-state index is 0.160. The Kier molecular flexibility index (Phi) is 8.07. The third kappa shape index (κ3) is 6.54. The van der Waals surface area contributed by atoms with E-state index >= 15 is 0 Å². The summed E-state index contributed by atoms with van der Waals surface area (Å²) >= 11 is 0. The third-order valence-electron chi connectivity index (χ3n) is 3.98. The van der Waals surface area contributed by atoms with Crippen molar-refractivity contribution in [3.63, 3.8) is 0 Å². The van der Waals surface area contributed by atoms with E-state index in [2.05, 4.69) is 10.6 Å². The number of hydrogen-bond acceptors (Lipinski definition) is 4. The van der Waals surface area contributed by atoms with Gasteiger partial charge in [-0.1, -0.05) is 43.7 Å². The Labute approximate surface area is 148 Å². The molecule has 138 valence electrons. The van der Waals surface area contributed by atoms with Gasteiger partial charge in [0.05, 0.1) is 18.5 Å². The van der Waals surface area contributed by atoms with Gasteiger partial charge in [-0.15, -0.1) is 0 Å². The molecule has 25 heavy (non-hydrogen) atoms. The molecule has 0 spiro atoms. The van der Waals surface area contributed by atoms with Crippen LogP contribution in [-0.4, -0.2) is 35.0 Å². The molecule has 1 unspecified atom stereocenters. The van der Waals surface area contributed by atoms with E-state index in [4.69, 9.17) is 10.8 Å². The van der Waals surface area contributed by atoms with E-state index < -0.39 is 30.4 Å². The number of carboxylic acid groups (broad SMARTS) is 1. The number of hydrogen-bond donors (Lipinski definition) is 4. The Morgan fingerprint density at radius 1 is 1.04 bits per heavy atom. The molecular weight excluding hydrogens is 322 g/mol. The summed E-state index contributed by atoms with van der Waals surface area (Å²) in [7, 11) is 0. The Bertz CT molecular complexity index is 601. The summed E-state index contributed by atoms with van der Waals surface area (Å²) in [5.41, 5.74) is 7.66. The van der Waals surface area contributed by atoms with Gasteiger partial charge in [-0.3, -0.25) is 14.4 Å². The summed E-state index contributed by atoms with van der Waals surface area (Å²) in [6, 6.07) is 5.79. The fraction of sp³-hybridized carbons (Fsp3) is 0.500. The van der Waals surface area contributed by atoms with E-state index in [9.17, 15) is 14.4 Å². The van der Waals surface area contributed by atoms with Gasteiger partial charge in [-0.25, -0.2) is 0 Å². The van der Waals surface area contributed by atoms with E-state index in [0.717, 1.165) is 11.1 Å². The Morgan fingerprint density at radius 3 is 2.12 bits per heavy atom. The number of benzene rings is 1. The summed E-state index contributed by atoms with van der Waals surface area (Å²) in [5, 5.41) is 14.1. The molecule has 0 saturated carbocycles. The van der Waals surface area contributed by atoms with Crippen LogP contribution in [0.1, 0.15) is 50.3 Å². The number of aliphatic carboxylic acids is 1. The van der Waals surface area contributed by atoms with Crippen LogP contribution in [0.3, 0.4) is 0 Å². The van der Waals surface area contributed by atoms with E-state index in [0.29, 0.717) is 12.8 Å². The second-order valence-corrected chi connectivity index (χ2v) is 6.05. The molecule has 0 fully saturated rings. The molecule has 0 aromatic heterocycles. The summed E-state index contributed by atoms with van der Waals surface area (Å²) in [6.07, 6.45) is 0.601. The van der Waals surface area contributed by atoms with E-state index in [1.165, 1.54) is 0 Å². The van der Waals surface area contributed by atoms with Crippen molar-refractivity contribution in [2.75, 3.05) is 0 Å². The lowest BCUT2D eigenvalue weighted by molar-refractivity contribution is -0.139. The van der Waals surface area contributed by atoms with Crippen molar-refractivity contribution in [3.05, 3.63) is 35.4 Å². The first kappa shape index (κ1) is 20.6. The molecule has 0 saturated heterocycles. The Morgan fingerprint density at radius 2 is 1.64 bits per heavy atom. The second kappa shape index (κ2) is 9.78. The standard InChI is InChI=1S/C18H27N3O4/c1-4-14(12-8-6-11(3)7-9-12)20-18(25)15(5-2)21-17(24)13(19)10-16(22)23/h6-9,13-15H,4-5,10,19H2,1-3H3,(H,20,25)(H,21,24)(H,22,23)/t13-,14?,15-/m0/s1. The van der Waals surface area contributed by atoms with Gasteiger partial charge in [0, 0.05) is 0 Å². The average molecular weight is 349 g/mol. The van der Waals surface area contributed by atoms with E-state index in [1.54, 1.807) is 6.92 Å². The number of amides is 2. The van der Waals surface area contributed by atoms with Crippen LogP contribution < -0.4 is 16.4 Å². The summed E-state index contributed by atoms with van der Waals surface area (Å²) in [6.45, 7) is 5.72. The van der Waals surface area contributed by atoms with Crippen molar-refractivity contribution in [1.29, 1.82) is 0 Å². The molecular formula is C18H27N3O4.